The molecule has 3 aromatic carbocycles. The maximum atomic E-state index is 13.7. The average molecular weight is 557 g/mol. The third kappa shape index (κ3) is 5.18. The summed E-state index contributed by atoms with van der Waals surface area (Å²) in [6.45, 7) is 3.09. The number of carbonyl (C=O) groups is 2. The lowest BCUT2D eigenvalue weighted by Gasteiger charge is -2.48. The van der Waals surface area contributed by atoms with Crippen molar-refractivity contribution in [3.8, 4) is 0 Å². The van der Waals surface area contributed by atoms with Gasteiger partial charge in [-0.3, -0.25) is 4.79 Å². The lowest BCUT2D eigenvalue weighted by atomic mass is 9.86. The second kappa shape index (κ2) is 11.0. The van der Waals surface area contributed by atoms with Gasteiger partial charge in [-0.25, -0.2) is 4.79 Å². The summed E-state index contributed by atoms with van der Waals surface area (Å²) in [5.74, 6) is -0.802. The zero-order valence-electron chi connectivity index (χ0n) is 23.6. The van der Waals surface area contributed by atoms with Crippen LogP contribution in [0.3, 0.4) is 0 Å². The van der Waals surface area contributed by atoms with E-state index in [2.05, 4.69) is 31.3 Å². The van der Waals surface area contributed by atoms with E-state index in [1.165, 1.54) is 5.56 Å². The highest BCUT2D eigenvalue weighted by Gasteiger charge is 2.72. The van der Waals surface area contributed by atoms with Crippen molar-refractivity contribution < 1.29 is 33.4 Å². The Hall–Kier alpha value is -3.52. The number of esters is 2. The normalized spacial score (nSPS) is 28.0. The molecular formula is C34H38NO6+. The third-order valence-corrected chi connectivity index (χ3v) is 9.27. The van der Waals surface area contributed by atoms with Crippen LogP contribution >= 0.6 is 0 Å². The van der Waals surface area contributed by atoms with E-state index in [9.17, 15) is 14.7 Å². The Morgan fingerprint density at radius 2 is 1.41 bits per heavy atom. The predicted molar refractivity (Wildman–Crippen MR) is 153 cm³/mol. The molecular weight excluding hydrogens is 518 g/mol. The van der Waals surface area contributed by atoms with Crippen LogP contribution in [-0.2, 0) is 42.4 Å². The van der Waals surface area contributed by atoms with Gasteiger partial charge in [-0.15, -0.1) is 0 Å². The first-order chi connectivity index (χ1) is 19.8. The van der Waals surface area contributed by atoms with Crippen LogP contribution in [0.15, 0.2) is 84.9 Å². The molecule has 3 saturated heterocycles. The van der Waals surface area contributed by atoms with Crippen molar-refractivity contribution in [2.24, 2.45) is 0 Å². The molecule has 0 radical (unpaired) electrons. The summed E-state index contributed by atoms with van der Waals surface area (Å²) < 4.78 is 18.1. The van der Waals surface area contributed by atoms with Crippen molar-refractivity contribution in [1.82, 2.24) is 0 Å². The molecule has 214 valence electrons. The van der Waals surface area contributed by atoms with Crippen LogP contribution in [0.5, 0.6) is 0 Å². The second-order valence-corrected chi connectivity index (χ2v) is 11.8. The number of carbonyl (C=O) groups excluding carboxylic acids is 2. The van der Waals surface area contributed by atoms with Crippen LogP contribution in [0, 0.1) is 0 Å². The highest BCUT2D eigenvalue weighted by Crippen LogP contribution is 2.53. The number of fused-ring (bicyclic) bond motifs is 5. The van der Waals surface area contributed by atoms with Crippen LogP contribution in [-0.4, -0.2) is 65.6 Å². The molecule has 7 nitrogen and oxygen atoms in total. The van der Waals surface area contributed by atoms with Crippen LogP contribution in [0.25, 0.3) is 0 Å². The number of benzene rings is 3. The summed E-state index contributed by atoms with van der Waals surface area (Å²) in [5.41, 5.74) is 1.46. The predicted octanol–water partition coefficient (Wildman–Crippen LogP) is 4.29. The number of likely N-dealkylation sites (N-methyl/N-ethyl adjacent to an activating group) is 1. The molecule has 0 aliphatic carbocycles. The number of aryl methyl sites for hydroxylation is 1. The van der Waals surface area contributed by atoms with Gasteiger partial charge in [0.15, 0.2) is 0 Å². The van der Waals surface area contributed by atoms with Gasteiger partial charge in [-0.1, -0.05) is 84.9 Å². The SMILES string of the molecule is CCOC(=O)CCc1ccc(C[N+]2(C)C3CC(OC(=O)C(O)(c4ccccc4)c4ccccc4)CC2C2OC23)cc1. The molecule has 4 atom stereocenters. The van der Waals surface area contributed by atoms with Gasteiger partial charge >= 0.3 is 11.9 Å². The molecule has 0 spiro atoms. The molecule has 3 aliphatic rings. The number of morpholine rings is 1. The number of nitrogens with zero attached hydrogens (tertiary/aromatic N) is 1. The number of hydrogen-bond donors (Lipinski definition) is 1. The van der Waals surface area contributed by atoms with Gasteiger partial charge in [-0.05, 0) is 30.0 Å². The number of aliphatic hydroxyl groups is 1. The zero-order valence-corrected chi connectivity index (χ0v) is 23.6. The molecule has 7 heteroatoms. The number of hydrogen-bond acceptors (Lipinski definition) is 6. The molecule has 1 N–H and O–H groups in total. The van der Waals surface area contributed by atoms with Crippen LogP contribution in [0.2, 0.25) is 0 Å². The Morgan fingerprint density at radius 1 is 0.878 bits per heavy atom. The van der Waals surface area contributed by atoms with Gasteiger partial charge in [0, 0.05) is 24.8 Å². The topological polar surface area (TPSA) is 85.4 Å². The van der Waals surface area contributed by atoms with Gasteiger partial charge in [0.1, 0.15) is 36.9 Å². The molecule has 0 aromatic heterocycles. The van der Waals surface area contributed by atoms with E-state index in [0.29, 0.717) is 43.4 Å². The Kier molecular flexibility index (Phi) is 7.45. The lowest BCUT2D eigenvalue weighted by molar-refractivity contribution is -0.968. The Bertz CT molecular complexity index is 1320. The van der Waals surface area contributed by atoms with Gasteiger partial charge < -0.3 is 23.8 Å². The summed E-state index contributed by atoms with van der Waals surface area (Å²) in [6, 6.07) is 27.0. The van der Waals surface area contributed by atoms with E-state index in [1.54, 1.807) is 24.3 Å². The Morgan fingerprint density at radius 3 is 1.95 bits per heavy atom. The molecule has 3 aliphatic heterocycles. The Labute approximate surface area is 241 Å². The van der Waals surface area contributed by atoms with E-state index in [-0.39, 0.29) is 36.4 Å². The van der Waals surface area contributed by atoms with Gasteiger partial charge in [0.2, 0.25) is 5.60 Å². The van der Waals surface area contributed by atoms with Crippen molar-refractivity contribution in [2.75, 3.05) is 13.7 Å². The van der Waals surface area contributed by atoms with Crippen molar-refractivity contribution in [2.45, 2.75) is 75.1 Å². The van der Waals surface area contributed by atoms with E-state index in [4.69, 9.17) is 14.2 Å². The van der Waals surface area contributed by atoms with Crippen LogP contribution < -0.4 is 0 Å². The summed E-state index contributed by atoms with van der Waals surface area (Å²) in [5, 5.41) is 11.8. The fourth-order valence-electron chi connectivity index (χ4n) is 7.07. The molecule has 3 aromatic rings. The minimum atomic E-state index is -1.88. The number of quaternary nitrogens is 1. The molecule has 41 heavy (non-hydrogen) atoms. The molecule has 0 saturated carbocycles. The quantitative estimate of drug-likeness (QED) is 0.228. The monoisotopic (exact) mass is 556 g/mol. The van der Waals surface area contributed by atoms with E-state index < -0.39 is 11.6 Å². The fourth-order valence-corrected chi connectivity index (χ4v) is 7.07. The fraction of sp³-hybridized carbons (Fsp3) is 0.412. The number of rotatable bonds is 10. The van der Waals surface area contributed by atoms with Gasteiger partial charge in [-0.2, -0.15) is 0 Å². The van der Waals surface area contributed by atoms with Crippen molar-refractivity contribution in [1.29, 1.82) is 0 Å². The van der Waals surface area contributed by atoms with Crippen molar-refractivity contribution in [3.63, 3.8) is 0 Å². The average Bonchev–Trinajstić information content (AvgIpc) is 3.76. The summed E-state index contributed by atoms with van der Waals surface area (Å²) in [6.07, 6.45) is 2.51. The maximum Gasteiger partial charge on any atom is 0.347 e. The summed E-state index contributed by atoms with van der Waals surface area (Å²) in [4.78, 5) is 25.5. The zero-order chi connectivity index (χ0) is 28.6. The molecule has 4 unspecified atom stereocenters. The highest BCUT2D eigenvalue weighted by molar-refractivity contribution is 5.85. The standard InChI is InChI=1S/C34H38NO6/c1-3-39-30(36)19-18-23-14-16-24(17-15-23)22-35(2)28-20-27(21-29(35)32-31(28)41-32)40-33(37)34(38,25-10-6-4-7-11-25)26-12-8-5-9-13-26/h4-17,27-29,31-32,38H,3,18-22H2,1-2H3/q+1. The Balaban J connectivity index is 1.15. The first-order valence-electron chi connectivity index (χ1n) is 14.6. The highest BCUT2D eigenvalue weighted by atomic mass is 16.6. The minimum Gasteiger partial charge on any atom is -0.466 e. The van der Waals surface area contributed by atoms with Gasteiger partial charge in [0.25, 0.3) is 0 Å². The lowest BCUT2D eigenvalue weighted by Crippen LogP contribution is -2.62. The summed E-state index contributed by atoms with van der Waals surface area (Å²) >= 11 is 0. The molecule has 3 fully saturated rings. The largest absolute Gasteiger partial charge is 0.466 e. The van der Waals surface area contributed by atoms with E-state index >= 15 is 0 Å². The van der Waals surface area contributed by atoms with Crippen LogP contribution in [0.1, 0.15) is 48.4 Å². The minimum absolute atomic E-state index is 0.167. The van der Waals surface area contributed by atoms with E-state index in [0.717, 1.165) is 16.6 Å². The van der Waals surface area contributed by atoms with Crippen molar-refractivity contribution >= 4 is 11.9 Å². The third-order valence-electron chi connectivity index (χ3n) is 9.27. The first-order valence-corrected chi connectivity index (χ1v) is 14.6. The summed E-state index contributed by atoms with van der Waals surface area (Å²) in [7, 11) is 2.29. The maximum absolute atomic E-state index is 13.7. The van der Waals surface area contributed by atoms with E-state index in [1.807, 2.05) is 43.3 Å². The molecule has 0 amide bonds. The van der Waals surface area contributed by atoms with Crippen molar-refractivity contribution in [3.05, 3.63) is 107 Å². The second-order valence-electron chi connectivity index (χ2n) is 11.8. The van der Waals surface area contributed by atoms with Gasteiger partial charge in [0.05, 0.1) is 13.7 Å². The van der Waals surface area contributed by atoms with Crippen LogP contribution in [0.4, 0.5) is 0 Å². The number of ether oxygens (including phenoxy) is 3. The number of epoxide rings is 1. The smallest absolute Gasteiger partial charge is 0.347 e. The first kappa shape index (κ1) is 27.6. The number of piperidine rings is 1. The molecule has 6 rings (SSSR count). The molecule has 2 bridgehead atoms. The molecule has 3 heterocycles.